The molecule has 2 aromatic heterocycles. The SMILES string of the molecule is CCCNCc1csc(S(=O)(=O)Nc2ncccc2Br)c1. The number of thiophene rings is 1. The molecule has 2 N–H and O–H groups in total. The molecule has 0 aromatic carbocycles. The van der Waals surface area contributed by atoms with Crippen molar-refractivity contribution in [2.75, 3.05) is 11.3 Å². The van der Waals surface area contributed by atoms with Gasteiger partial charge in [-0.3, -0.25) is 4.72 Å². The van der Waals surface area contributed by atoms with E-state index < -0.39 is 10.0 Å². The van der Waals surface area contributed by atoms with E-state index in [1.807, 2.05) is 5.38 Å². The van der Waals surface area contributed by atoms with Crippen LogP contribution in [0, 0.1) is 0 Å². The molecule has 114 valence electrons. The summed E-state index contributed by atoms with van der Waals surface area (Å²) in [6.45, 7) is 3.68. The minimum atomic E-state index is -3.60. The Hall–Kier alpha value is -0.960. The number of pyridine rings is 1. The van der Waals surface area contributed by atoms with E-state index in [1.165, 1.54) is 17.5 Å². The second-order valence-corrected chi connectivity index (χ2v) is 8.06. The molecule has 0 aliphatic rings. The first-order valence-electron chi connectivity index (χ1n) is 6.44. The molecule has 2 heterocycles. The Balaban J connectivity index is 2.11. The fourth-order valence-corrected chi connectivity index (χ4v) is 4.36. The molecule has 5 nitrogen and oxygen atoms in total. The number of rotatable bonds is 7. The zero-order valence-corrected chi connectivity index (χ0v) is 14.7. The fourth-order valence-electron chi connectivity index (χ4n) is 1.63. The van der Waals surface area contributed by atoms with Gasteiger partial charge in [0.25, 0.3) is 10.0 Å². The summed E-state index contributed by atoms with van der Waals surface area (Å²) in [6.07, 6.45) is 2.59. The average molecular weight is 390 g/mol. The van der Waals surface area contributed by atoms with E-state index in [0.717, 1.165) is 18.5 Å². The molecule has 0 unspecified atom stereocenters. The highest BCUT2D eigenvalue weighted by molar-refractivity contribution is 9.10. The number of aromatic nitrogens is 1. The minimum absolute atomic E-state index is 0.286. The maximum atomic E-state index is 12.3. The van der Waals surface area contributed by atoms with Crippen molar-refractivity contribution >= 4 is 43.1 Å². The number of hydrogen-bond donors (Lipinski definition) is 2. The van der Waals surface area contributed by atoms with E-state index in [4.69, 9.17) is 0 Å². The van der Waals surface area contributed by atoms with E-state index >= 15 is 0 Å². The third-order valence-corrected chi connectivity index (χ3v) is 6.11. The molecule has 0 atom stereocenters. The summed E-state index contributed by atoms with van der Waals surface area (Å²) in [5.74, 6) is 0.288. The van der Waals surface area contributed by atoms with Gasteiger partial charge in [-0.25, -0.2) is 13.4 Å². The van der Waals surface area contributed by atoms with Crippen LogP contribution >= 0.6 is 27.3 Å². The van der Waals surface area contributed by atoms with Gasteiger partial charge >= 0.3 is 0 Å². The molecular formula is C13H16BrN3O2S2. The molecule has 0 saturated carbocycles. The smallest absolute Gasteiger partial charge is 0.272 e. The maximum absolute atomic E-state index is 12.3. The molecule has 2 aromatic rings. The van der Waals surface area contributed by atoms with Crippen molar-refractivity contribution in [2.45, 2.75) is 24.1 Å². The standard InChI is InChI=1S/C13H16BrN3O2S2/c1-2-5-15-8-10-7-12(20-9-10)21(18,19)17-13-11(14)4-3-6-16-13/h3-4,6-7,9,15H,2,5,8H2,1H3,(H,16,17). The zero-order chi connectivity index (χ0) is 15.3. The van der Waals surface area contributed by atoms with E-state index in [-0.39, 0.29) is 10.0 Å². The van der Waals surface area contributed by atoms with E-state index in [1.54, 1.807) is 18.2 Å². The van der Waals surface area contributed by atoms with Gasteiger partial charge < -0.3 is 5.32 Å². The fraction of sp³-hybridized carbons (Fsp3) is 0.308. The van der Waals surface area contributed by atoms with Crippen LogP contribution in [0.25, 0.3) is 0 Å². The van der Waals surface area contributed by atoms with Crippen LogP contribution in [0.4, 0.5) is 5.82 Å². The van der Waals surface area contributed by atoms with Crippen LogP contribution < -0.4 is 10.0 Å². The Morgan fingerprint density at radius 2 is 2.24 bits per heavy atom. The van der Waals surface area contributed by atoms with Crippen LogP contribution in [-0.2, 0) is 16.6 Å². The lowest BCUT2D eigenvalue weighted by atomic mass is 10.3. The molecule has 0 aliphatic carbocycles. The first-order chi connectivity index (χ1) is 10.0. The number of halogens is 1. The first kappa shape index (κ1) is 16.4. The lowest BCUT2D eigenvalue weighted by molar-refractivity contribution is 0.602. The van der Waals surface area contributed by atoms with Crippen LogP contribution in [0.15, 0.2) is 38.5 Å². The number of anilines is 1. The van der Waals surface area contributed by atoms with Crippen LogP contribution in [0.2, 0.25) is 0 Å². The van der Waals surface area contributed by atoms with Gasteiger partial charge in [0.2, 0.25) is 0 Å². The third-order valence-electron chi connectivity index (χ3n) is 2.64. The van der Waals surface area contributed by atoms with Gasteiger partial charge in [-0.05, 0) is 58.0 Å². The lowest BCUT2D eigenvalue weighted by Crippen LogP contribution is -2.14. The second kappa shape index (κ2) is 7.35. The third kappa shape index (κ3) is 4.50. The normalized spacial score (nSPS) is 11.5. The number of hydrogen-bond acceptors (Lipinski definition) is 5. The van der Waals surface area contributed by atoms with Gasteiger partial charge in [-0.15, -0.1) is 11.3 Å². The number of nitrogens with one attached hydrogen (secondary N) is 2. The molecule has 0 radical (unpaired) electrons. The van der Waals surface area contributed by atoms with E-state index in [0.29, 0.717) is 11.0 Å². The maximum Gasteiger partial charge on any atom is 0.272 e. The summed E-state index contributed by atoms with van der Waals surface area (Å²) in [5, 5.41) is 5.10. The molecule has 0 fully saturated rings. The van der Waals surface area contributed by atoms with Crippen molar-refractivity contribution in [3.05, 3.63) is 39.8 Å². The lowest BCUT2D eigenvalue weighted by Gasteiger charge is -2.06. The average Bonchev–Trinajstić information content (AvgIpc) is 2.91. The summed E-state index contributed by atoms with van der Waals surface area (Å²) >= 11 is 4.48. The van der Waals surface area contributed by atoms with Gasteiger partial charge in [0.15, 0.2) is 5.82 Å². The molecule has 0 aliphatic heterocycles. The second-order valence-electron chi connectivity index (χ2n) is 4.39. The summed E-state index contributed by atoms with van der Waals surface area (Å²) in [7, 11) is -3.60. The predicted molar refractivity (Wildman–Crippen MR) is 89.1 cm³/mol. The quantitative estimate of drug-likeness (QED) is 0.713. The van der Waals surface area contributed by atoms with Crippen molar-refractivity contribution in [1.29, 1.82) is 0 Å². The highest BCUT2D eigenvalue weighted by Crippen LogP contribution is 2.25. The summed E-state index contributed by atoms with van der Waals surface area (Å²) < 4.78 is 28.0. The van der Waals surface area contributed by atoms with Crippen molar-refractivity contribution in [3.63, 3.8) is 0 Å². The largest absolute Gasteiger partial charge is 0.313 e. The summed E-state index contributed by atoms with van der Waals surface area (Å²) in [4.78, 5) is 4.01. The van der Waals surface area contributed by atoms with Crippen molar-refractivity contribution in [2.24, 2.45) is 0 Å². The monoisotopic (exact) mass is 389 g/mol. The Kier molecular flexibility index (Phi) is 5.74. The molecule has 2 rings (SSSR count). The molecule has 0 amide bonds. The molecule has 0 spiro atoms. The highest BCUT2D eigenvalue weighted by Gasteiger charge is 2.18. The molecule has 8 heteroatoms. The Labute approximate surface area is 137 Å². The van der Waals surface area contributed by atoms with Crippen LogP contribution in [-0.4, -0.2) is 19.9 Å². The summed E-state index contributed by atoms with van der Waals surface area (Å²) in [6, 6.07) is 5.15. The van der Waals surface area contributed by atoms with Gasteiger partial charge in [-0.1, -0.05) is 6.92 Å². The van der Waals surface area contributed by atoms with Crippen LogP contribution in [0.1, 0.15) is 18.9 Å². The van der Waals surface area contributed by atoms with E-state index in [2.05, 4.69) is 37.9 Å². The van der Waals surface area contributed by atoms with E-state index in [9.17, 15) is 8.42 Å². The van der Waals surface area contributed by atoms with Crippen LogP contribution in [0.3, 0.4) is 0 Å². The van der Waals surface area contributed by atoms with Gasteiger partial charge in [0.05, 0.1) is 4.47 Å². The molecule has 0 bridgehead atoms. The summed E-state index contributed by atoms with van der Waals surface area (Å²) in [5.41, 5.74) is 0.967. The van der Waals surface area contributed by atoms with Crippen molar-refractivity contribution < 1.29 is 8.42 Å². The molecular weight excluding hydrogens is 374 g/mol. The van der Waals surface area contributed by atoms with Gasteiger partial charge in [-0.2, -0.15) is 0 Å². The number of nitrogens with zero attached hydrogens (tertiary/aromatic N) is 1. The Bertz CT molecular complexity index is 701. The van der Waals surface area contributed by atoms with Gasteiger partial charge in [0.1, 0.15) is 4.21 Å². The van der Waals surface area contributed by atoms with Gasteiger partial charge in [0, 0.05) is 12.7 Å². The topological polar surface area (TPSA) is 71.1 Å². The molecule has 0 saturated heterocycles. The Morgan fingerprint density at radius 1 is 1.43 bits per heavy atom. The molecule has 21 heavy (non-hydrogen) atoms. The first-order valence-corrected chi connectivity index (χ1v) is 9.60. The van der Waals surface area contributed by atoms with Crippen LogP contribution in [0.5, 0.6) is 0 Å². The minimum Gasteiger partial charge on any atom is -0.313 e. The highest BCUT2D eigenvalue weighted by atomic mass is 79.9. The zero-order valence-electron chi connectivity index (χ0n) is 11.5. The predicted octanol–water partition coefficient (Wildman–Crippen LogP) is 3.21. The number of sulfonamides is 1. The van der Waals surface area contributed by atoms with Crippen molar-refractivity contribution in [3.8, 4) is 0 Å². The Morgan fingerprint density at radius 3 is 2.95 bits per heavy atom. The van der Waals surface area contributed by atoms with Crippen molar-refractivity contribution in [1.82, 2.24) is 10.3 Å².